The number of halogens is 2. The van der Waals surface area contributed by atoms with Crippen LogP contribution in [0.25, 0.3) is 0 Å². The van der Waals surface area contributed by atoms with Crippen molar-refractivity contribution >= 4 is 24.0 Å². The van der Waals surface area contributed by atoms with Crippen LogP contribution in [-0.2, 0) is 13.1 Å². The highest BCUT2D eigenvalue weighted by molar-refractivity contribution is 6.28. The van der Waals surface area contributed by atoms with Crippen molar-refractivity contribution in [1.82, 2.24) is 14.9 Å². The van der Waals surface area contributed by atoms with Gasteiger partial charge in [-0.15, -0.1) is 12.4 Å². The summed E-state index contributed by atoms with van der Waals surface area (Å²) in [4.78, 5) is 3.99. The molecule has 0 saturated heterocycles. The fourth-order valence-electron chi connectivity index (χ4n) is 1.17. The van der Waals surface area contributed by atoms with Crippen LogP contribution in [0.15, 0.2) is 6.20 Å². The number of hydrogen-bond donors (Lipinski definition) is 1. The Morgan fingerprint density at radius 1 is 1.64 bits per heavy atom. The van der Waals surface area contributed by atoms with E-state index >= 15 is 0 Å². The van der Waals surface area contributed by atoms with E-state index in [2.05, 4.69) is 10.3 Å². The van der Waals surface area contributed by atoms with Crippen LogP contribution >= 0.6 is 24.0 Å². The minimum Gasteiger partial charge on any atom is -0.316 e. The molecule has 0 radical (unpaired) electrons. The molecule has 1 aliphatic rings. The second-order valence-corrected chi connectivity index (χ2v) is 2.69. The van der Waals surface area contributed by atoms with Gasteiger partial charge in [-0.05, 0) is 11.6 Å². The molecule has 1 N–H and O–H groups in total. The summed E-state index contributed by atoms with van der Waals surface area (Å²) in [5, 5.41) is 3.84. The molecule has 5 heteroatoms. The Labute approximate surface area is 76.2 Å². The van der Waals surface area contributed by atoms with E-state index in [1.165, 1.54) is 5.69 Å². The summed E-state index contributed by atoms with van der Waals surface area (Å²) in [6.45, 7) is 2.82. The normalized spacial score (nSPS) is 15.4. The molecule has 2 heterocycles. The van der Waals surface area contributed by atoms with Gasteiger partial charge in [-0.1, -0.05) is 0 Å². The maximum atomic E-state index is 5.78. The van der Waals surface area contributed by atoms with E-state index in [0.29, 0.717) is 5.28 Å². The molecular weight excluding hydrogens is 185 g/mol. The smallest absolute Gasteiger partial charge is 0.202 e. The third-order valence-electron chi connectivity index (χ3n) is 1.71. The average Bonchev–Trinajstić information content (AvgIpc) is 2.34. The summed E-state index contributed by atoms with van der Waals surface area (Å²) in [6, 6.07) is 0. The van der Waals surface area contributed by atoms with Crippen LogP contribution < -0.4 is 5.32 Å². The van der Waals surface area contributed by atoms with Gasteiger partial charge in [-0.2, -0.15) is 0 Å². The van der Waals surface area contributed by atoms with Crippen LogP contribution in [-0.4, -0.2) is 16.1 Å². The maximum Gasteiger partial charge on any atom is 0.202 e. The van der Waals surface area contributed by atoms with E-state index in [0.717, 1.165) is 19.6 Å². The highest BCUT2D eigenvalue weighted by atomic mass is 35.5. The number of imidazole rings is 1. The molecule has 0 aliphatic carbocycles. The zero-order valence-electron chi connectivity index (χ0n) is 5.88. The van der Waals surface area contributed by atoms with Crippen LogP contribution in [0.5, 0.6) is 0 Å². The summed E-state index contributed by atoms with van der Waals surface area (Å²) >= 11 is 5.78. The van der Waals surface area contributed by atoms with E-state index in [9.17, 15) is 0 Å². The molecule has 3 nitrogen and oxygen atoms in total. The molecule has 0 aromatic carbocycles. The van der Waals surface area contributed by atoms with Crippen molar-refractivity contribution in [2.24, 2.45) is 0 Å². The molecule has 1 aromatic rings. The Morgan fingerprint density at radius 3 is 3.18 bits per heavy atom. The van der Waals surface area contributed by atoms with Gasteiger partial charge in [0, 0.05) is 19.6 Å². The van der Waals surface area contributed by atoms with Gasteiger partial charge in [-0.25, -0.2) is 4.98 Å². The van der Waals surface area contributed by atoms with Gasteiger partial charge in [0.25, 0.3) is 0 Å². The first-order valence-electron chi connectivity index (χ1n) is 3.28. The predicted octanol–water partition coefficient (Wildman–Crippen LogP) is 1.06. The molecule has 0 unspecified atom stereocenters. The number of nitrogens with one attached hydrogen (secondary N) is 1. The molecule has 0 atom stereocenters. The van der Waals surface area contributed by atoms with Crippen LogP contribution in [0.1, 0.15) is 5.69 Å². The molecule has 0 bridgehead atoms. The largest absolute Gasteiger partial charge is 0.316 e. The van der Waals surface area contributed by atoms with Crippen molar-refractivity contribution in [1.29, 1.82) is 0 Å². The standard InChI is InChI=1S/C6H8ClN3.ClH/c7-6-9-4-5-3-8-1-2-10(5)6;/h4,8H,1-3H2;1H. The Kier molecular flexibility index (Phi) is 2.76. The van der Waals surface area contributed by atoms with Gasteiger partial charge in [-0.3, -0.25) is 0 Å². The van der Waals surface area contributed by atoms with E-state index in [1.54, 1.807) is 0 Å². The number of hydrogen-bond acceptors (Lipinski definition) is 2. The van der Waals surface area contributed by atoms with Gasteiger partial charge in [0.1, 0.15) is 0 Å². The highest BCUT2D eigenvalue weighted by Gasteiger charge is 2.10. The van der Waals surface area contributed by atoms with Crippen molar-refractivity contribution in [3.8, 4) is 0 Å². The first-order chi connectivity index (χ1) is 4.88. The van der Waals surface area contributed by atoms with E-state index in [4.69, 9.17) is 11.6 Å². The molecule has 0 spiro atoms. The van der Waals surface area contributed by atoms with Gasteiger partial charge in [0.15, 0.2) is 0 Å². The molecular formula is C6H9Cl2N3. The molecule has 1 aliphatic heterocycles. The van der Waals surface area contributed by atoms with Gasteiger partial charge >= 0.3 is 0 Å². The molecule has 0 amide bonds. The summed E-state index contributed by atoms with van der Waals surface area (Å²) in [7, 11) is 0. The number of fused-ring (bicyclic) bond motifs is 1. The SMILES string of the molecule is Cl.Clc1ncc2n1CCNC2. The van der Waals surface area contributed by atoms with E-state index in [-0.39, 0.29) is 12.4 Å². The minimum atomic E-state index is 0. The summed E-state index contributed by atoms with van der Waals surface area (Å²) in [5.41, 5.74) is 1.18. The second kappa shape index (κ2) is 3.43. The van der Waals surface area contributed by atoms with Gasteiger partial charge in [0.05, 0.1) is 11.9 Å². The second-order valence-electron chi connectivity index (χ2n) is 2.35. The molecule has 62 valence electrons. The molecule has 11 heavy (non-hydrogen) atoms. The van der Waals surface area contributed by atoms with Crippen molar-refractivity contribution in [3.05, 3.63) is 17.2 Å². The van der Waals surface area contributed by atoms with Crippen LogP contribution in [0, 0.1) is 0 Å². The molecule has 1 aromatic heterocycles. The Hall–Kier alpha value is -0.250. The third-order valence-corrected chi connectivity index (χ3v) is 2.01. The quantitative estimate of drug-likeness (QED) is 0.669. The maximum absolute atomic E-state index is 5.78. The fraction of sp³-hybridized carbons (Fsp3) is 0.500. The summed E-state index contributed by atoms with van der Waals surface area (Å²) in [5.74, 6) is 0. The van der Waals surface area contributed by atoms with E-state index < -0.39 is 0 Å². The van der Waals surface area contributed by atoms with Crippen LogP contribution in [0.2, 0.25) is 5.28 Å². The Morgan fingerprint density at radius 2 is 2.45 bits per heavy atom. The Balaban J connectivity index is 0.000000605. The van der Waals surface area contributed by atoms with Crippen LogP contribution in [0.4, 0.5) is 0 Å². The fourth-order valence-corrected chi connectivity index (χ4v) is 1.41. The summed E-state index contributed by atoms with van der Waals surface area (Å²) in [6.07, 6.45) is 1.81. The van der Waals surface area contributed by atoms with Gasteiger partial charge < -0.3 is 9.88 Å². The zero-order valence-corrected chi connectivity index (χ0v) is 7.45. The minimum absolute atomic E-state index is 0. The lowest BCUT2D eigenvalue weighted by molar-refractivity contribution is 0.516. The van der Waals surface area contributed by atoms with Crippen molar-refractivity contribution in [2.45, 2.75) is 13.1 Å². The lowest BCUT2D eigenvalue weighted by Gasteiger charge is -2.15. The molecule has 2 rings (SSSR count). The third kappa shape index (κ3) is 1.50. The van der Waals surface area contributed by atoms with Crippen molar-refractivity contribution in [3.63, 3.8) is 0 Å². The van der Waals surface area contributed by atoms with E-state index in [1.807, 2.05) is 10.8 Å². The number of rotatable bonds is 0. The van der Waals surface area contributed by atoms with Crippen LogP contribution in [0.3, 0.4) is 0 Å². The lowest BCUT2D eigenvalue weighted by atomic mass is 10.4. The van der Waals surface area contributed by atoms with Gasteiger partial charge in [0.2, 0.25) is 5.28 Å². The summed E-state index contributed by atoms with van der Waals surface area (Å²) < 4.78 is 2.03. The average molecular weight is 194 g/mol. The monoisotopic (exact) mass is 193 g/mol. The lowest BCUT2D eigenvalue weighted by Crippen LogP contribution is -2.27. The number of aromatic nitrogens is 2. The first kappa shape index (κ1) is 8.84. The number of nitrogens with zero attached hydrogens (tertiary/aromatic N) is 2. The Bertz CT molecular complexity index is 246. The predicted molar refractivity (Wildman–Crippen MR) is 46.2 cm³/mol. The topological polar surface area (TPSA) is 29.9 Å². The zero-order chi connectivity index (χ0) is 6.97. The highest BCUT2D eigenvalue weighted by Crippen LogP contribution is 2.12. The van der Waals surface area contributed by atoms with Crippen molar-refractivity contribution in [2.75, 3.05) is 6.54 Å². The first-order valence-corrected chi connectivity index (χ1v) is 3.66. The molecule has 0 fully saturated rings. The van der Waals surface area contributed by atoms with Crippen molar-refractivity contribution < 1.29 is 0 Å². The molecule has 0 saturated carbocycles.